The first-order valence-electron chi connectivity index (χ1n) is 5.28. The molecule has 104 valence electrons. The molecule has 0 saturated heterocycles. The van der Waals surface area contributed by atoms with E-state index in [9.17, 15) is 8.42 Å². The van der Waals surface area contributed by atoms with Crippen molar-refractivity contribution in [2.24, 2.45) is 7.05 Å². The van der Waals surface area contributed by atoms with Crippen molar-refractivity contribution < 1.29 is 13.5 Å². The highest BCUT2D eigenvalue weighted by Crippen LogP contribution is 2.31. The molecule has 2 rings (SSSR count). The molecule has 2 N–H and O–H groups in total. The van der Waals surface area contributed by atoms with E-state index in [1.54, 1.807) is 24.1 Å². The Hall–Kier alpha value is -0.740. The molecule has 6 nitrogen and oxygen atoms in total. The van der Waals surface area contributed by atoms with Crippen molar-refractivity contribution in [1.29, 1.82) is 0 Å². The number of aliphatic hydroxyl groups is 1. The van der Waals surface area contributed by atoms with Crippen LogP contribution in [0.5, 0.6) is 0 Å². The van der Waals surface area contributed by atoms with Gasteiger partial charge in [0.05, 0.1) is 16.6 Å². The highest BCUT2D eigenvalue weighted by atomic mass is 79.9. The van der Waals surface area contributed by atoms with Gasteiger partial charge in [-0.3, -0.25) is 4.68 Å². The highest BCUT2D eigenvalue weighted by molar-refractivity contribution is 9.11. The molecule has 0 aliphatic rings. The van der Waals surface area contributed by atoms with E-state index >= 15 is 0 Å². The van der Waals surface area contributed by atoms with E-state index in [1.807, 2.05) is 0 Å². The fourth-order valence-electron chi connectivity index (χ4n) is 1.48. The fourth-order valence-corrected chi connectivity index (χ4v) is 5.04. The molecule has 9 heteroatoms. The van der Waals surface area contributed by atoms with Crippen molar-refractivity contribution in [3.8, 4) is 0 Å². The number of aromatic nitrogens is 2. The predicted molar refractivity (Wildman–Crippen MR) is 75.2 cm³/mol. The van der Waals surface area contributed by atoms with Crippen LogP contribution >= 0.6 is 27.3 Å². The number of halogens is 1. The Morgan fingerprint density at radius 2 is 2.32 bits per heavy atom. The first-order chi connectivity index (χ1) is 8.92. The second-order valence-electron chi connectivity index (χ2n) is 3.86. The third kappa shape index (κ3) is 3.42. The van der Waals surface area contributed by atoms with Gasteiger partial charge in [-0.15, -0.1) is 11.3 Å². The van der Waals surface area contributed by atoms with Gasteiger partial charge in [-0.1, -0.05) is 0 Å². The van der Waals surface area contributed by atoms with Gasteiger partial charge in [0, 0.05) is 30.2 Å². The highest BCUT2D eigenvalue weighted by Gasteiger charge is 2.20. The van der Waals surface area contributed by atoms with Crippen LogP contribution in [-0.2, 0) is 30.2 Å². The summed E-state index contributed by atoms with van der Waals surface area (Å²) < 4.78 is 28.8. The molecule has 0 atom stereocenters. The van der Waals surface area contributed by atoms with Crippen molar-refractivity contribution in [3.63, 3.8) is 0 Å². The van der Waals surface area contributed by atoms with Crippen molar-refractivity contribution in [1.82, 2.24) is 14.5 Å². The van der Waals surface area contributed by atoms with Crippen LogP contribution in [0.15, 0.2) is 27.1 Å². The number of aryl methyl sites for hydroxylation is 1. The molecule has 0 fully saturated rings. The molecule has 0 aliphatic carbocycles. The smallest absolute Gasteiger partial charge is 0.242 e. The fraction of sp³-hybridized carbons (Fsp3) is 0.300. The number of sulfonamides is 1. The summed E-state index contributed by atoms with van der Waals surface area (Å²) in [5, 5.41) is 13.0. The van der Waals surface area contributed by atoms with Crippen LogP contribution in [0.3, 0.4) is 0 Å². The quantitative estimate of drug-likeness (QED) is 0.833. The average Bonchev–Trinajstić information content (AvgIpc) is 2.93. The van der Waals surface area contributed by atoms with Crippen molar-refractivity contribution in [2.75, 3.05) is 0 Å². The Morgan fingerprint density at radius 1 is 1.58 bits per heavy atom. The molecule has 2 aromatic rings. The van der Waals surface area contributed by atoms with E-state index in [0.29, 0.717) is 8.66 Å². The molecule has 0 unspecified atom stereocenters. The number of nitrogens with zero attached hydrogens (tertiary/aromatic N) is 2. The molecular weight excluding hydrogens is 354 g/mol. The van der Waals surface area contributed by atoms with Gasteiger partial charge in [0.15, 0.2) is 0 Å². The summed E-state index contributed by atoms with van der Waals surface area (Å²) in [5.41, 5.74) is 0.778. The van der Waals surface area contributed by atoms with Crippen molar-refractivity contribution >= 4 is 37.3 Å². The summed E-state index contributed by atoms with van der Waals surface area (Å²) in [6, 6.07) is 1.46. The molecule has 2 aromatic heterocycles. The van der Waals surface area contributed by atoms with E-state index in [4.69, 9.17) is 5.11 Å². The summed E-state index contributed by atoms with van der Waals surface area (Å²) in [6.45, 7) is -0.00564. The molecule has 0 bridgehead atoms. The third-order valence-corrected chi connectivity index (χ3v) is 6.01. The zero-order valence-corrected chi connectivity index (χ0v) is 13.2. The molecule has 0 spiro atoms. The van der Waals surface area contributed by atoms with Gasteiger partial charge >= 0.3 is 0 Å². The number of nitrogens with one attached hydrogen (secondary N) is 1. The molecule has 0 radical (unpaired) electrons. The Morgan fingerprint density at radius 3 is 2.84 bits per heavy atom. The number of aliphatic hydroxyl groups excluding tert-OH is 1. The number of hydrogen-bond acceptors (Lipinski definition) is 5. The Labute approximate surface area is 123 Å². The molecule has 19 heavy (non-hydrogen) atoms. The Bertz CT molecular complexity index is 678. The van der Waals surface area contributed by atoms with Crippen LogP contribution < -0.4 is 4.72 Å². The van der Waals surface area contributed by atoms with Crippen LogP contribution in [0.1, 0.15) is 10.4 Å². The van der Waals surface area contributed by atoms with Gasteiger partial charge < -0.3 is 5.11 Å². The van der Waals surface area contributed by atoms with Gasteiger partial charge in [-0.05, 0) is 22.0 Å². The minimum absolute atomic E-state index is 0.144. The zero-order valence-electron chi connectivity index (χ0n) is 10.00. The number of thiophene rings is 1. The largest absolute Gasteiger partial charge is 0.391 e. The van der Waals surface area contributed by atoms with Gasteiger partial charge in [-0.2, -0.15) is 5.10 Å². The van der Waals surface area contributed by atoms with Crippen LogP contribution in [0, 0.1) is 0 Å². The van der Waals surface area contributed by atoms with E-state index in [2.05, 4.69) is 25.8 Å². The van der Waals surface area contributed by atoms with E-state index in [-0.39, 0.29) is 18.0 Å². The van der Waals surface area contributed by atoms with Gasteiger partial charge in [-0.25, -0.2) is 13.1 Å². The van der Waals surface area contributed by atoms with Crippen LogP contribution in [0.4, 0.5) is 0 Å². The first kappa shape index (κ1) is 14.7. The monoisotopic (exact) mass is 365 g/mol. The summed E-state index contributed by atoms with van der Waals surface area (Å²) >= 11 is 4.39. The topological polar surface area (TPSA) is 84.2 Å². The SMILES string of the molecule is Cn1cc(CNS(=O)(=O)c2cc(CO)sc2Br)cn1. The second kappa shape index (κ2) is 5.71. The van der Waals surface area contributed by atoms with Crippen LogP contribution in [-0.4, -0.2) is 23.3 Å². The predicted octanol–water partition coefficient (Wildman–Crippen LogP) is 1.21. The minimum Gasteiger partial charge on any atom is -0.391 e. The number of rotatable bonds is 5. The molecule has 0 amide bonds. The molecular formula is C10H12BrN3O3S2. The summed E-state index contributed by atoms with van der Waals surface area (Å²) in [4.78, 5) is 0.735. The lowest BCUT2D eigenvalue weighted by atomic mass is 10.4. The Balaban J connectivity index is 2.15. The maximum atomic E-state index is 12.1. The third-order valence-electron chi connectivity index (χ3n) is 2.38. The summed E-state index contributed by atoms with van der Waals surface area (Å²) in [5.74, 6) is 0. The maximum Gasteiger partial charge on any atom is 0.242 e. The standard InChI is InChI=1S/C10H12BrN3O3S2/c1-14-5-7(3-12-14)4-13-19(16,17)9-2-8(6-15)18-10(9)11/h2-3,5,13,15H,4,6H2,1H3. The van der Waals surface area contributed by atoms with Crippen LogP contribution in [0.2, 0.25) is 0 Å². The van der Waals surface area contributed by atoms with Gasteiger partial charge in [0.2, 0.25) is 10.0 Å². The molecule has 0 aromatic carbocycles. The average molecular weight is 366 g/mol. The second-order valence-corrected chi connectivity index (χ2v) is 8.05. The van der Waals surface area contributed by atoms with Gasteiger partial charge in [0.1, 0.15) is 4.90 Å². The van der Waals surface area contributed by atoms with E-state index < -0.39 is 10.0 Å². The molecule has 2 heterocycles. The zero-order chi connectivity index (χ0) is 14.0. The Kier molecular flexibility index (Phi) is 4.41. The number of hydrogen-bond donors (Lipinski definition) is 2. The van der Waals surface area contributed by atoms with Gasteiger partial charge in [0.25, 0.3) is 0 Å². The van der Waals surface area contributed by atoms with Crippen molar-refractivity contribution in [3.05, 3.63) is 32.7 Å². The van der Waals surface area contributed by atoms with Crippen LogP contribution in [0.25, 0.3) is 0 Å². The van der Waals surface area contributed by atoms with E-state index in [0.717, 1.165) is 5.56 Å². The first-order valence-corrected chi connectivity index (χ1v) is 8.38. The normalized spacial score (nSPS) is 11.9. The lowest BCUT2D eigenvalue weighted by Gasteiger charge is -2.03. The minimum atomic E-state index is -3.60. The molecule has 0 aliphatic heterocycles. The summed E-state index contributed by atoms with van der Waals surface area (Å²) in [6.07, 6.45) is 3.34. The lowest BCUT2D eigenvalue weighted by Crippen LogP contribution is -2.22. The maximum absolute atomic E-state index is 12.1. The summed E-state index contributed by atoms with van der Waals surface area (Å²) in [7, 11) is -1.84. The lowest BCUT2D eigenvalue weighted by molar-refractivity contribution is 0.285. The molecule has 0 saturated carbocycles. The van der Waals surface area contributed by atoms with E-state index in [1.165, 1.54) is 17.4 Å². The van der Waals surface area contributed by atoms with Crippen molar-refractivity contribution in [2.45, 2.75) is 18.0 Å².